The number of carbonyl (C=O) groups is 1. The standard InChI is InChI=1S/C18H21N3O3S/c19-14-16-5-7-17(8-6-16)25(23,24)21-11-9-20(10-12-21)18(22)13-15-3-1-2-4-15/h1,3,5-8,15H,2,4,9-13H2. The fourth-order valence-electron chi connectivity index (χ4n) is 3.25. The Hall–Kier alpha value is -2.17. The third-order valence-electron chi connectivity index (χ3n) is 4.76. The molecule has 1 fully saturated rings. The summed E-state index contributed by atoms with van der Waals surface area (Å²) < 4.78 is 26.8. The molecule has 0 aromatic heterocycles. The summed E-state index contributed by atoms with van der Waals surface area (Å²) in [6.07, 6.45) is 6.79. The number of benzene rings is 1. The Bertz CT molecular complexity index is 801. The van der Waals surface area contributed by atoms with E-state index in [2.05, 4.69) is 12.2 Å². The highest BCUT2D eigenvalue weighted by atomic mass is 32.2. The van der Waals surface area contributed by atoms with Gasteiger partial charge >= 0.3 is 0 Å². The molecule has 1 atom stereocenters. The molecular weight excluding hydrogens is 338 g/mol. The number of rotatable bonds is 4. The van der Waals surface area contributed by atoms with Crippen molar-refractivity contribution in [2.75, 3.05) is 26.2 Å². The Labute approximate surface area is 148 Å². The largest absolute Gasteiger partial charge is 0.340 e. The summed E-state index contributed by atoms with van der Waals surface area (Å²) in [6, 6.07) is 7.89. The Morgan fingerprint density at radius 3 is 2.40 bits per heavy atom. The lowest BCUT2D eigenvalue weighted by molar-refractivity contribution is -0.133. The Morgan fingerprint density at radius 2 is 1.84 bits per heavy atom. The van der Waals surface area contributed by atoms with Crippen LogP contribution < -0.4 is 0 Å². The number of nitrogens with zero attached hydrogens (tertiary/aromatic N) is 3. The van der Waals surface area contributed by atoms with Crippen LogP contribution in [0.3, 0.4) is 0 Å². The Balaban J connectivity index is 1.59. The maximum Gasteiger partial charge on any atom is 0.243 e. The van der Waals surface area contributed by atoms with Crippen LogP contribution in [0.5, 0.6) is 0 Å². The molecule has 3 rings (SSSR count). The first-order chi connectivity index (χ1) is 12.0. The zero-order valence-corrected chi connectivity index (χ0v) is 14.8. The van der Waals surface area contributed by atoms with E-state index in [1.165, 1.54) is 28.6 Å². The van der Waals surface area contributed by atoms with Gasteiger partial charge in [-0.1, -0.05) is 12.2 Å². The molecule has 0 N–H and O–H groups in total. The number of piperazine rings is 1. The summed E-state index contributed by atoms with van der Waals surface area (Å²) in [4.78, 5) is 14.3. The lowest BCUT2D eigenvalue weighted by atomic mass is 10.0. The molecule has 0 spiro atoms. The lowest BCUT2D eigenvalue weighted by Crippen LogP contribution is -2.50. The summed E-state index contributed by atoms with van der Waals surface area (Å²) in [7, 11) is -3.58. The minimum atomic E-state index is -3.58. The van der Waals surface area contributed by atoms with Crippen LogP contribution in [0.1, 0.15) is 24.8 Å². The van der Waals surface area contributed by atoms with Gasteiger partial charge in [0, 0.05) is 32.6 Å². The number of hydrogen-bond donors (Lipinski definition) is 0. The first-order valence-electron chi connectivity index (χ1n) is 8.45. The lowest BCUT2D eigenvalue weighted by Gasteiger charge is -2.34. The van der Waals surface area contributed by atoms with Gasteiger partial charge in [-0.2, -0.15) is 9.57 Å². The molecule has 2 aliphatic rings. The number of carbonyl (C=O) groups excluding carboxylic acids is 1. The monoisotopic (exact) mass is 359 g/mol. The van der Waals surface area contributed by atoms with Gasteiger partial charge in [0.05, 0.1) is 16.5 Å². The molecule has 1 aromatic rings. The molecule has 1 amide bonds. The van der Waals surface area contributed by atoms with Crippen molar-refractivity contribution < 1.29 is 13.2 Å². The number of allylic oxidation sites excluding steroid dienone is 2. The summed E-state index contributed by atoms with van der Waals surface area (Å²) in [6.45, 7) is 1.44. The number of nitriles is 1. The summed E-state index contributed by atoms with van der Waals surface area (Å²) in [5.74, 6) is 0.430. The minimum Gasteiger partial charge on any atom is -0.340 e. The fraction of sp³-hybridized carbons (Fsp3) is 0.444. The first-order valence-corrected chi connectivity index (χ1v) is 9.89. The fourth-order valence-corrected chi connectivity index (χ4v) is 4.67. The third kappa shape index (κ3) is 3.91. The van der Waals surface area contributed by atoms with Crippen LogP contribution in [-0.4, -0.2) is 49.7 Å². The normalized spacial score (nSPS) is 21.2. The van der Waals surface area contributed by atoms with E-state index in [1.54, 1.807) is 4.90 Å². The highest BCUT2D eigenvalue weighted by Gasteiger charge is 2.30. The van der Waals surface area contributed by atoms with Gasteiger partial charge in [-0.3, -0.25) is 4.79 Å². The molecule has 1 aliphatic carbocycles. The predicted molar refractivity (Wildman–Crippen MR) is 93.0 cm³/mol. The van der Waals surface area contributed by atoms with Gasteiger partial charge in [-0.15, -0.1) is 0 Å². The Morgan fingerprint density at radius 1 is 1.16 bits per heavy atom. The van der Waals surface area contributed by atoms with Crippen molar-refractivity contribution in [3.63, 3.8) is 0 Å². The molecule has 6 nitrogen and oxygen atoms in total. The zero-order valence-electron chi connectivity index (χ0n) is 14.0. The van der Waals surface area contributed by atoms with E-state index in [4.69, 9.17) is 5.26 Å². The van der Waals surface area contributed by atoms with Gasteiger partial charge < -0.3 is 4.90 Å². The van der Waals surface area contributed by atoms with E-state index in [0.717, 1.165) is 12.8 Å². The van der Waals surface area contributed by atoms with Crippen molar-refractivity contribution in [1.29, 1.82) is 5.26 Å². The second kappa shape index (κ2) is 7.38. The summed E-state index contributed by atoms with van der Waals surface area (Å²) in [5, 5.41) is 8.81. The van der Waals surface area contributed by atoms with Gasteiger partial charge in [0.2, 0.25) is 15.9 Å². The topological polar surface area (TPSA) is 81.5 Å². The van der Waals surface area contributed by atoms with Crippen LogP contribution in [0, 0.1) is 17.2 Å². The quantitative estimate of drug-likeness (QED) is 0.767. The van der Waals surface area contributed by atoms with Gasteiger partial charge in [-0.25, -0.2) is 8.42 Å². The van der Waals surface area contributed by atoms with Crippen molar-refractivity contribution in [2.24, 2.45) is 5.92 Å². The molecule has 1 unspecified atom stereocenters. The summed E-state index contributed by atoms with van der Waals surface area (Å²) >= 11 is 0. The number of amides is 1. The van der Waals surface area contributed by atoms with E-state index in [1.807, 2.05) is 6.07 Å². The van der Waals surface area contributed by atoms with Crippen LogP contribution in [0.25, 0.3) is 0 Å². The molecule has 0 bridgehead atoms. The van der Waals surface area contributed by atoms with Crippen LogP contribution in [0.4, 0.5) is 0 Å². The van der Waals surface area contributed by atoms with E-state index >= 15 is 0 Å². The van der Waals surface area contributed by atoms with E-state index < -0.39 is 10.0 Å². The number of hydrogen-bond acceptors (Lipinski definition) is 4. The van der Waals surface area contributed by atoms with Gasteiger partial charge in [0.15, 0.2) is 0 Å². The third-order valence-corrected chi connectivity index (χ3v) is 6.67. The molecule has 25 heavy (non-hydrogen) atoms. The van der Waals surface area contributed by atoms with Gasteiger partial charge in [-0.05, 0) is 43.0 Å². The molecule has 7 heteroatoms. The van der Waals surface area contributed by atoms with Crippen molar-refractivity contribution in [2.45, 2.75) is 24.2 Å². The van der Waals surface area contributed by atoms with E-state index in [9.17, 15) is 13.2 Å². The average molecular weight is 359 g/mol. The maximum atomic E-state index is 12.7. The summed E-state index contributed by atoms with van der Waals surface area (Å²) in [5.41, 5.74) is 0.426. The maximum absolute atomic E-state index is 12.7. The van der Waals surface area contributed by atoms with Crippen molar-refractivity contribution >= 4 is 15.9 Å². The Kier molecular flexibility index (Phi) is 5.21. The van der Waals surface area contributed by atoms with Gasteiger partial charge in [0.1, 0.15) is 0 Å². The highest BCUT2D eigenvalue weighted by molar-refractivity contribution is 7.89. The van der Waals surface area contributed by atoms with E-state index in [-0.39, 0.29) is 10.8 Å². The van der Waals surface area contributed by atoms with Crippen molar-refractivity contribution in [1.82, 2.24) is 9.21 Å². The molecule has 132 valence electrons. The van der Waals surface area contributed by atoms with Crippen LogP contribution in [0.15, 0.2) is 41.3 Å². The highest BCUT2D eigenvalue weighted by Crippen LogP contribution is 2.23. The van der Waals surface area contributed by atoms with E-state index in [0.29, 0.717) is 44.1 Å². The van der Waals surface area contributed by atoms with Crippen LogP contribution in [0.2, 0.25) is 0 Å². The zero-order chi connectivity index (χ0) is 17.9. The predicted octanol–water partition coefficient (Wildman–Crippen LogP) is 1.75. The molecule has 1 saturated heterocycles. The molecule has 0 saturated carbocycles. The first kappa shape index (κ1) is 17.6. The second-order valence-corrected chi connectivity index (χ2v) is 8.33. The van der Waals surface area contributed by atoms with Gasteiger partial charge in [0.25, 0.3) is 0 Å². The SMILES string of the molecule is N#Cc1ccc(S(=O)(=O)N2CCN(C(=O)CC3C=CCC3)CC2)cc1. The number of sulfonamides is 1. The molecule has 0 radical (unpaired) electrons. The van der Waals surface area contributed by atoms with Crippen molar-refractivity contribution in [3.05, 3.63) is 42.0 Å². The average Bonchev–Trinajstić information content (AvgIpc) is 3.15. The van der Waals surface area contributed by atoms with Crippen LogP contribution >= 0.6 is 0 Å². The minimum absolute atomic E-state index is 0.104. The molecule has 1 heterocycles. The van der Waals surface area contributed by atoms with Crippen LogP contribution in [-0.2, 0) is 14.8 Å². The van der Waals surface area contributed by atoms with Crippen molar-refractivity contribution in [3.8, 4) is 6.07 Å². The molecule has 1 aliphatic heterocycles. The second-order valence-electron chi connectivity index (χ2n) is 6.39. The molecular formula is C18H21N3O3S. The smallest absolute Gasteiger partial charge is 0.243 e. The molecule has 1 aromatic carbocycles.